The van der Waals surface area contributed by atoms with Crippen LogP contribution in [0.4, 0.5) is 35.0 Å². The Kier molecular flexibility index (Phi) is 6.31. The first kappa shape index (κ1) is 25.6. The molecule has 13 heteroatoms. The smallest absolute Gasteiger partial charge is 0.414 e. The van der Waals surface area contributed by atoms with Crippen LogP contribution in [0.3, 0.4) is 0 Å². The normalized spacial score (nSPS) is 14.7. The molecule has 1 atom stereocenters. The Hall–Kier alpha value is -3.48. The molecule has 0 bridgehead atoms. The number of aromatic nitrogens is 3. The fourth-order valence-electron chi connectivity index (χ4n) is 4.04. The summed E-state index contributed by atoms with van der Waals surface area (Å²) in [6.45, 7) is 5.97. The second-order valence-electron chi connectivity index (χ2n) is 9.32. The number of hydrogen-bond acceptors (Lipinski definition) is 7. The van der Waals surface area contributed by atoms with Crippen molar-refractivity contribution in [1.29, 1.82) is 0 Å². The third-order valence-corrected chi connectivity index (χ3v) is 6.37. The van der Waals surface area contributed by atoms with Gasteiger partial charge in [0, 0.05) is 44.2 Å². The van der Waals surface area contributed by atoms with E-state index in [1.54, 1.807) is 20.8 Å². The number of fused-ring (bicyclic) bond motifs is 2. The van der Waals surface area contributed by atoms with Gasteiger partial charge in [-0.05, 0) is 27.7 Å². The standard InChI is InChI=1S/C23H24F3N5O4S/c1-11-13(24)9-14(25)17-16(11)31(22(33)35-23(2,3)4)8-7-30(17)18-15(26)12-10-27-21(36(6)34)28-19(12)29(5)20(18)32/h9-10H,7-8H2,1-6H3. The van der Waals surface area contributed by atoms with Crippen LogP contribution in [0, 0.1) is 24.4 Å². The Morgan fingerprint density at radius 3 is 2.39 bits per heavy atom. The molecule has 0 aliphatic carbocycles. The molecule has 0 saturated heterocycles. The summed E-state index contributed by atoms with van der Waals surface area (Å²) in [5, 5.41) is -0.241. The summed E-state index contributed by atoms with van der Waals surface area (Å²) in [6.07, 6.45) is 1.61. The molecule has 1 aliphatic rings. The molecule has 0 N–H and O–H groups in total. The van der Waals surface area contributed by atoms with Crippen LogP contribution in [-0.2, 0) is 22.6 Å². The number of amides is 1. The van der Waals surface area contributed by atoms with Crippen molar-refractivity contribution >= 4 is 45.0 Å². The van der Waals surface area contributed by atoms with Crippen LogP contribution in [0.25, 0.3) is 11.0 Å². The van der Waals surface area contributed by atoms with Crippen molar-refractivity contribution in [2.24, 2.45) is 7.05 Å². The first-order valence-corrected chi connectivity index (χ1v) is 12.4. The van der Waals surface area contributed by atoms with Crippen LogP contribution in [-0.4, -0.2) is 49.8 Å². The molecule has 3 aromatic rings. The van der Waals surface area contributed by atoms with Gasteiger partial charge in [0.2, 0.25) is 5.16 Å². The van der Waals surface area contributed by atoms with E-state index in [1.165, 1.54) is 20.2 Å². The number of halogens is 3. The van der Waals surface area contributed by atoms with Gasteiger partial charge in [0.25, 0.3) is 5.56 Å². The van der Waals surface area contributed by atoms with Gasteiger partial charge in [0.15, 0.2) is 11.6 Å². The maximum absolute atomic E-state index is 15.8. The maximum Gasteiger partial charge on any atom is 0.414 e. The second-order valence-corrected chi connectivity index (χ2v) is 10.6. The van der Waals surface area contributed by atoms with E-state index in [2.05, 4.69) is 9.97 Å². The maximum atomic E-state index is 15.8. The van der Waals surface area contributed by atoms with E-state index in [0.29, 0.717) is 6.07 Å². The van der Waals surface area contributed by atoms with Gasteiger partial charge in [-0.25, -0.2) is 27.9 Å². The first-order chi connectivity index (χ1) is 16.7. The van der Waals surface area contributed by atoms with Crippen molar-refractivity contribution in [3.05, 3.63) is 45.6 Å². The predicted molar refractivity (Wildman–Crippen MR) is 129 cm³/mol. The Morgan fingerprint density at radius 1 is 1.11 bits per heavy atom. The van der Waals surface area contributed by atoms with Gasteiger partial charge in [-0.15, -0.1) is 0 Å². The molecule has 2 aromatic heterocycles. The lowest BCUT2D eigenvalue weighted by molar-refractivity contribution is 0.0580. The molecule has 0 radical (unpaired) electrons. The Morgan fingerprint density at radius 2 is 1.78 bits per heavy atom. The summed E-state index contributed by atoms with van der Waals surface area (Å²) < 4.78 is 63.9. The number of anilines is 3. The highest BCUT2D eigenvalue weighted by atomic mass is 32.2. The summed E-state index contributed by atoms with van der Waals surface area (Å²) in [4.78, 5) is 36.3. The number of nitrogens with zero attached hydrogens (tertiary/aromatic N) is 5. The fourth-order valence-corrected chi connectivity index (χ4v) is 4.46. The van der Waals surface area contributed by atoms with Crippen LogP contribution in [0.5, 0.6) is 0 Å². The Labute approximate surface area is 207 Å². The topological polar surface area (TPSA) is 97.6 Å². The minimum Gasteiger partial charge on any atom is -0.443 e. The third-order valence-electron chi connectivity index (χ3n) is 5.66. The molecule has 192 valence electrons. The summed E-state index contributed by atoms with van der Waals surface area (Å²) in [7, 11) is -0.234. The summed E-state index contributed by atoms with van der Waals surface area (Å²) >= 11 is 0. The van der Waals surface area contributed by atoms with Crippen molar-refractivity contribution in [2.75, 3.05) is 29.1 Å². The monoisotopic (exact) mass is 523 g/mol. The Balaban J connectivity index is 1.97. The van der Waals surface area contributed by atoms with E-state index >= 15 is 8.78 Å². The minimum absolute atomic E-state index is 0.0709. The number of carbonyl (C=O) groups excluding carboxylic acids is 1. The summed E-state index contributed by atoms with van der Waals surface area (Å²) in [5.41, 5.74) is -2.92. The molecule has 1 amide bonds. The molecular weight excluding hydrogens is 499 g/mol. The van der Waals surface area contributed by atoms with Gasteiger partial charge in [0.1, 0.15) is 28.4 Å². The van der Waals surface area contributed by atoms with Crippen LogP contribution in [0.2, 0.25) is 0 Å². The van der Waals surface area contributed by atoms with E-state index < -0.39 is 51.2 Å². The van der Waals surface area contributed by atoms with Crippen molar-refractivity contribution in [3.8, 4) is 0 Å². The number of ether oxygens (including phenoxy) is 1. The molecular formula is C23H24F3N5O4S. The highest BCUT2D eigenvalue weighted by Crippen LogP contribution is 2.43. The third kappa shape index (κ3) is 4.21. The van der Waals surface area contributed by atoms with Crippen molar-refractivity contribution in [2.45, 2.75) is 38.5 Å². The first-order valence-electron chi connectivity index (χ1n) is 10.9. The predicted octanol–water partition coefficient (Wildman–Crippen LogP) is 3.68. The quantitative estimate of drug-likeness (QED) is 0.473. The van der Waals surface area contributed by atoms with Crippen LogP contribution >= 0.6 is 0 Å². The lowest BCUT2D eigenvalue weighted by Gasteiger charge is -2.39. The minimum atomic E-state index is -1.57. The molecule has 36 heavy (non-hydrogen) atoms. The fraction of sp³-hybridized carbons (Fsp3) is 0.391. The van der Waals surface area contributed by atoms with Crippen LogP contribution in [0.15, 0.2) is 22.2 Å². The molecule has 3 heterocycles. The number of aryl methyl sites for hydroxylation is 1. The van der Waals surface area contributed by atoms with Gasteiger partial charge in [0.05, 0.1) is 21.9 Å². The number of hydrogen-bond donors (Lipinski definition) is 0. The lowest BCUT2D eigenvalue weighted by atomic mass is 10.1. The van der Waals surface area contributed by atoms with Crippen LogP contribution < -0.4 is 15.4 Å². The van der Waals surface area contributed by atoms with Gasteiger partial charge in [-0.2, -0.15) is 0 Å². The second kappa shape index (κ2) is 8.87. The van der Waals surface area contributed by atoms with E-state index in [4.69, 9.17) is 4.74 Å². The molecule has 0 saturated carbocycles. The number of pyridine rings is 1. The number of rotatable bonds is 2. The van der Waals surface area contributed by atoms with Crippen LogP contribution in [0.1, 0.15) is 26.3 Å². The average Bonchev–Trinajstić information content (AvgIpc) is 2.79. The largest absolute Gasteiger partial charge is 0.443 e. The Bertz CT molecular complexity index is 1500. The molecule has 9 nitrogen and oxygen atoms in total. The van der Waals surface area contributed by atoms with Crippen molar-refractivity contribution < 1.29 is 26.9 Å². The zero-order valence-corrected chi connectivity index (χ0v) is 21.3. The lowest BCUT2D eigenvalue weighted by Crippen LogP contribution is -2.47. The highest BCUT2D eigenvalue weighted by Gasteiger charge is 2.37. The van der Waals surface area contributed by atoms with E-state index in [0.717, 1.165) is 20.6 Å². The van der Waals surface area contributed by atoms with Crippen molar-refractivity contribution in [3.63, 3.8) is 0 Å². The molecule has 1 aliphatic heterocycles. The van der Waals surface area contributed by atoms with Gasteiger partial charge in [-0.3, -0.25) is 18.5 Å². The molecule has 4 rings (SSSR count). The summed E-state index contributed by atoms with van der Waals surface area (Å²) in [6, 6.07) is 0.620. The van der Waals surface area contributed by atoms with E-state index in [1.807, 2.05) is 0 Å². The zero-order chi connectivity index (χ0) is 26.7. The van der Waals surface area contributed by atoms with Gasteiger partial charge >= 0.3 is 6.09 Å². The van der Waals surface area contributed by atoms with Crippen molar-refractivity contribution in [1.82, 2.24) is 14.5 Å². The molecule has 0 fully saturated rings. The average molecular weight is 524 g/mol. The molecule has 0 spiro atoms. The SMILES string of the molecule is Cc1c(F)cc(F)c2c1N(C(=O)OC(C)(C)C)CCN2c1c(F)c2cnc(S(C)=O)nc2n(C)c1=O. The van der Waals surface area contributed by atoms with E-state index in [-0.39, 0.29) is 46.2 Å². The molecule has 1 unspecified atom stereocenters. The number of benzene rings is 1. The highest BCUT2D eigenvalue weighted by molar-refractivity contribution is 7.84. The zero-order valence-electron chi connectivity index (χ0n) is 20.5. The number of carbonyl (C=O) groups is 1. The molecule has 1 aromatic carbocycles. The van der Waals surface area contributed by atoms with E-state index in [9.17, 15) is 18.2 Å². The summed E-state index contributed by atoms with van der Waals surface area (Å²) in [5.74, 6) is -3.03. The van der Waals surface area contributed by atoms with Gasteiger partial charge in [-0.1, -0.05) is 0 Å². The van der Waals surface area contributed by atoms with Gasteiger partial charge < -0.3 is 9.64 Å².